The van der Waals surface area contributed by atoms with Crippen molar-refractivity contribution in [3.63, 3.8) is 0 Å². The fourth-order valence-corrected chi connectivity index (χ4v) is 3.71. The Hall–Kier alpha value is -0.610. The highest BCUT2D eigenvalue weighted by Gasteiger charge is 2.16. The smallest absolute Gasteiger partial charge is 0.138 e. The van der Waals surface area contributed by atoms with Crippen LogP contribution in [0.1, 0.15) is 56.2 Å². The first kappa shape index (κ1) is 14.8. The Balaban J connectivity index is 1.95. The maximum Gasteiger partial charge on any atom is 0.138 e. The number of aryl methyl sites for hydroxylation is 1. The Morgan fingerprint density at radius 3 is 2.79 bits per heavy atom. The minimum Gasteiger partial charge on any atom is -0.327 e. The highest BCUT2D eigenvalue weighted by atomic mass is 32.2. The van der Waals surface area contributed by atoms with E-state index in [1.54, 1.807) is 0 Å². The molecular weight excluding hydrogens is 254 g/mol. The van der Waals surface area contributed by atoms with Gasteiger partial charge in [0.1, 0.15) is 5.82 Å². The average Bonchev–Trinajstić information content (AvgIpc) is 2.88. The SMILES string of the molecule is CCC(N)Cc1cc(C)nc(CSC2CCCC2)n1. The van der Waals surface area contributed by atoms with Crippen molar-refractivity contribution in [1.82, 2.24) is 9.97 Å². The van der Waals surface area contributed by atoms with E-state index in [2.05, 4.69) is 23.0 Å². The van der Waals surface area contributed by atoms with Gasteiger partial charge in [-0.1, -0.05) is 19.8 Å². The zero-order valence-electron chi connectivity index (χ0n) is 12.1. The lowest BCUT2D eigenvalue weighted by molar-refractivity contribution is 0.633. The molecule has 19 heavy (non-hydrogen) atoms. The van der Waals surface area contributed by atoms with Crippen LogP contribution in [0.15, 0.2) is 6.07 Å². The van der Waals surface area contributed by atoms with E-state index in [1.807, 2.05) is 18.7 Å². The third-order valence-electron chi connectivity index (χ3n) is 3.70. The van der Waals surface area contributed by atoms with Crippen molar-refractivity contribution in [2.75, 3.05) is 0 Å². The van der Waals surface area contributed by atoms with Crippen LogP contribution in [0.2, 0.25) is 0 Å². The largest absolute Gasteiger partial charge is 0.327 e. The Morgan fingerprint density at radius 2 is 2.11 bits per heavy atom. The van der Waals surface area contributed by atoms with Gasteiger partial charge in [-0.15, -0.1) is 0 Å². The van der Waals surface area contributed by atoms with Crippen LogP contribution in [0.3, 0.4) is 0 Å². The lowest BCUT2D eigenvalue weighted by Gasteiger charge is -2.11. The summed E-state index contributed by atoms with van der Waals surface area (Å²) in [5, 5.41) is 0.825. The molecule has 0 bridgehead atoms. The first-order valence-corrected chi connectivity index (χ1v) is 8.43. The minimum atomic E-state index is 0.213. The zero-order chi connectivity index (χ0) is 13.7. The van der Waals surface area contributed by atoms with Gasteiger partial charge < -0.3 is 5.73 Å². The minimum absolute atomic E-state index is 0.213. The van der Waals surface area contributed by atoms with Gasteiger partial charge in [-0.25, -0.2) is 9.97 Å². The van der Waals surface area contributed by atoms with Crippen molar-refractivity contribution in [1.29, 1.82) is 0 Å². The standard InChI is InChI=1S/C15H25N3S/c1-3-12(16)9-13-8-11(2)17-15(18-13)10-19-14-6-4-5-7-14/h8,12,14H,3-7,9-10,16H2,1-2H3. The third kappa shape index (κ3) is 4.77. The quantitative estimate of drug-likeness (QED) is 0.868. The van der Waals surface area contributed by atoms with E-state index in [0.717, 1.165) is 41.1 Å². The van der Waals surface area contributed by atoms with E-state index in [1.165, 1.54) is 25.7 Å². The van der Waals surface area contributed by atoms with E-state index in [-0.39, 0.29) is 6.04 Å². The highest BCUT2D eigenvalue weighted by molar-refractivity contribution is 7.99. The molecule has 0 spiro atoms. The maximum absolute atomic E-state index is 6.01. The molecule has 4 heteroatoms. The molecule has 1 fully saturated rings. The van der Waals surface area contributed by atoms with Gasteiger partial charge in [0, 0.05) is 29.1 Å². The van der Waals surface area contributed by atoms with E-state index in [4.69, 9.17) is 5.73 Å². The van der Waals surface area contributed by atoms with Gasteiger partial charge >= 0.3 is 0 Å². The van der Waals surface area contributed by atoms with E-state index in [0.29, 0.717) is 0 Å². The molecule has 106 valence electrons. The monoisotopic (exact) mass is 279 g/mol. The lowest BCUT2D eigenvalue weighted by atomic mass is 10.1. The van der Waals surface area contributed by atoms with E-state index >= 15 is 0 Å². The number of nitrogens with two attached hydrogens (primary N) is 1. The number of aromatic nitrogens is 2. The van der Waals surface area contributed by atoms with Crippen LogP contribution in [0, 0.1) is 6.92 Å². The molecule has 1 aliphatic rings. The Morgan fingerprint density at radius 1 is 1.37 bits per heavy atom. The van der Waals surface area contributed by atoms with Crippen LogP contribution >= 0.6 is 11.8 Å². The summed E-state index contributed by atoms with van der Waals surface area (Å²) in [5.74, 6) is 1.93. The van der Waals surface area contributed by atoms with Gasteiger partial charge in [0.15, 0.2) is 0 Å². The van der Waals surface area contributed by atoms with E-state index in [9.17, 15) is 0 Å². The fourth-order valence-electron chi connectivity index (χ4n) is 2.53. The summed E-state index contributed by atoms with van der Waals surface area (Å²) in [6.07, 6.45) is 7.37. The van der Waals surface area contributed by atoms with Crippen molar-refractivity contribution in [3.8, 4) is 0 Å². The number of rotatable bonds is 6. The second kappa shape index (κ2) is 7.25. The molecule has 1 aliphatic carbocycles. The van der Waals surface area contributed by atoms with Gasteiger partial charge in [-0.05, 0) is 32.3 Å². The lowest BCUT2D eigenvalue weighted by Crippen LogP contribution is -2.22. The van der Waals surface area contributed by atoms with Gasteiger partial charge in [0.05, 0.1) is 5.75 Å². The average molecular weight is 279 g/mol. The summed E-state index contributed by atoms with van der Waals surface area (Å²) in [4.78, 5) is 9.23. The summed E-state index contributed by atoms with van der Waals surface area (Å²) in [7, 11) is 0. The topological polar surface area (TPSA) is 51.8 Å². The molecular formula is C15H25N3S. The van der Waals surface area contributed by atoms with Crippen LogP contribution in [0.4, 0.5) is 0 Å². The third-order valence-corrected chi connectivity index (χ3v) is 5.07. The maximum atomic E-state index is 6.01. The predicted molar refractivity (Wildman–Crippen MR) is 82.3 cm³/mol. The van der Waals surface area contributed by atoms with Crippen molar-refractivity contribution < 1.29 is 0 Å². The van der Waals surface area contributed by atoms with Gasteiger partial charge in [0.25, 0.3) is 0 Å². The second-order valence-corrected chi connectivity index (χ2v) is 6.80. The molecule has 0 amide bonds. The highest BCUT2D eigenvalue weighted by Crippen LogP contribution is 2.30. The summed E-state index contributed by atoms with van der Waals surface area (Å²) in [5.41, 5.74) is 8.18. The molecule has 1 unspecified atom stereocenters. The van der Waals surface area contributed by atoms with Gasteiger partial charge in [0.2, 0.25) is 0 Å². The Kier molecular flexibility index (Phi) is 5.64. The second-order valence-electron chi connectivity index (χ2n) is 5.51. The summed E-state index contributed by atoms with van der Waals surface area (Å²) in [6.45, 7) is 4.17. The normalized spacial score (nSPS) is 17.8. The molecule has 1 aromatic heterocycles. The van der Waals surface area contributed by atoms with E-state index < -0.39 is 0 Å². The molecule has 1 saturated carbocycles. The molecule has 0 saturated heterocycles. The summed E-state index contributed by atoms with van der Waals surface area (Å²) in [6, 6.07) is 2.28. The number of nitrogens with zero attached hydrogens (tertiary/aromatic N) is 2. The Labute approximate surface area is 120 Å². The van der Waals surface area contributed by atoms with Crippen LogP contribution in [0.25, 0.3) is 0 Å². The summed E-state index contributed by atoms with van der Waals surface area (Å²) >= 11 is 2.02. The van der Waals surface area contributed by atoms with Crippen LogP contribution in [0.5, 0.6) is 0 Å². The van der Waals surface area contributed by atoms with Crippen molar-refractivity contribution in [2.24, 2.45) is 5.73 Å². The van der Waals surface area contributed by atoms with Crippen LogP contribution < -0.4 is 5.73 Å². The Bertz CT molecular complexity index is 402. The molecule has 0 radical (unpaired) electrons. The molecule has 0 aromatic carbocycles. The number of hydrogen-bond donors (Lipinski definition) is 1. The van der Waals surface area contributed by atoms with Crippen molar-refractivity contribution >= 4 is 11.8 Å². The molecule has 3 nitrogen and oxygen atoms in total. The molecule has 1 aromatic rings. The van der Waals surface area contributed by atoms with Gasteiger partial charge in [-0.3, -0.25) is 0 Å². The molecule has 2 N–H and O–H groups in total. The number of hydrogen-bond acceptors (Lipinski definition) is 4. The molecule has 2 rings (SSSR count). The van der Waals surface area contributed by atoms with Crippen LogP contribution in [-0.2, 0) is 12.2 Å². The van der Waals surface area contributed by atoms with Crippen molar-refractivity contribution in [3.05, 3.63) is 23.3 Å². The zero-order valence-corrected chi connectivity index (χ0v) is 12.9. The number of thioether (sulfide) groups is 1. The molecule has 1 heterocycles. The van der Waals surface area contributed by atoms with Gasteiger partial charge in [-0.2, -0.15) is 11.8 Å². The van der Waals surface area contributed by atoms with Crippen LogP contribution in [-0.4, -0.2) is 21.3 Å². The first-order chi connectivity index (χ1) is 9.17. The predicted octanol–water partition coefficient (Wildman–Crippen LogP) is 3.24. The van der Waals surface area contributed by atoms with Crippen molar-refractivity contribution in [2.45, 2.75) is 69.4 Å². The first-order valence-electron chi connectivity index (χ1n) is 7.38. The summed E-state index contributed by atoms with van der Waals surface area (Å²) < 4.78 is 0. The molecule has 0 aliphatic heterocycles. The fraction of sp³-hybridized carbons (Fsp3) is 0.733. The molecule has 1 atom stereocenters.